The molecule has 0 aliphatic rings. The lowest BCUT2D eigenvalue weighted by atomic mass is 10.1. The minimum Gasteiger partial charge on any atom is -0.409 e. The summed E-state index contributed by atoms with van der Waals surface area (Å²) in [4.78, 5) is 2.16. The van der Waals surface area contributed by atoms with Gasteiger partial charge in [0.1, 0.15) is 5.84 Å². The molecule has 0 saturated heterocycles. The van der Waals surface area contributed by atoms with Crippen molar-refractivity contribution in [2.24, 2.45) is 10.9 Å². The van der Waals surface area contributed by atoms with E-state index in [1.807, 2.05) is 23.9 Å². The summed E-state index contributed by atoms with van der Waals surface area (Å²) in [5.41, 5.74) is 7.79. The molecular weight excluding hydrogens is 266 g/mol. The number of aromatic nitrogens is 2. The molecule has 3 N–H and O–H groups in total. The molecule has 114 valence electrons. The fourth-order valence-electron chi connectivity index (χ4n) is 2.45. The second-order valence-corrected chi connectivity index (χ2v) is 5.34. The molecule has 0 radical (unpaired) electrons. The second-order valence-electron chi connectivity index (χ2n) is 5.34. The maximum Gasteiger partial charge on any atom is 0.140 e. The number of hydrogen-bond acceptors (Lipinski definition) is 4. The monoisotopic (exact) mass is 289 g/mol. The standard InChI is InChI=1S/C15H23N5O/c1-4-20-14-8-6-5-7-12(14)13(17-20)10-19(3)11(2)9-15(16)18-21/h5-8,11,21H,4,9-10H2,1-3H3,(H2,16,18). The van der Waals surface area contributed by atoms with E-state index in [0.717, 1.165) is 24.3 Å². The van der Waals surface area contributed by atoms with Gasteiger partial charge in [-0.25, -0.2) is 0 Å². The van der Waals surface area contributed by atoms with Crippen molar-refractivity contribution in [2.75, 3.05) is 7.05 Å². The largest absolute Gasteiger partial charge is 0.409 e. The summed E-state index contributed by atoms with van der Waals surface area (Å²) in [5.74, 6) is 0.248. The third kappa shape index (κ3) is 3.33. The molecule has 0 spiro atoms. The number of rotatable bonds is 6. The average molecular weight is 289 g/mol. The van der Waals surface area contributed by atoms with Crippen LogP contribution in [0.1, 0.15) is 26.0 Å². The SMILES string of the molecule is CCn1nc(CN(C)C(C)CC(N)=NO)c2ccccc21. The van der Waals surface area contributed by atoms with Crippen LogP contribution in [0.5, 0.6) is 0 Å². The fourth-order valence-corrected chi connectivity index (χ4v) is 2.45. The first-order valence-electron chi connectivity index (χ1n) is 7.17. The molecule has 0 aliphatic carbocycles. The highest BCUT2D eigenvalue weighted by Gasteiger charge is 2.16. The summed E-state index contributed by atoms with van der Waals surface area (Å²) in [5, 5.41) is 17.6. The van der Waals surface area contributed by atoms with Crippen LogP contribution < -0.4 is 5.73 Å². The zero-order chi connectivity index (χ0) is 15.4. The highest BCUT2D eigenvalue weighted by molar-refractivity contribution is 5.82. The smallest absolute Gasteiger partial charge is 0.140 e. The topological polar surface area (TPSA) is 79.7 Å². The predicted octanol–water partition coefficient (Wildman–Crippen LogP) is 2.01. The van der Waals surface area contributed by atoms with E-state index in [1.165, 1.54) is 5.39 Å². The lowest BCUT2D eigenvalue weighted by molar-refractivity contribution is 0.248. The number of aryl methyl sites for hydroxylation is 1. The van der Waals surface area contributed by atoms with Crippen LogP contribution in [-0.4, -0.2) is 38.8 Å². The van der Waals surface area contributed by atoms with Crippen LogP contribution in [0.3, 0.4) is 0 Å². The van der Waals surface area contributed by atoms with Crippen molar-refractivity contribution in [1.82, 2.24) is 14.7 Å². The first-order valence-corrected chi connectivity index (χ1v) is 7.17. The summed E-state index contributed by atoms with van der Waals surface area (Å²) in [7, 11) is 2.02. The van der Waals surface area contributed by atoms with E-state index >= 15 is 0 Å². The molecule has 0 bridgehead atoms. The van der Waals surface area contributed by atoms with Gasteiger partial charge in [-0.05, 0) is 27.0 Å². The molecular formula is C15H23N5O. The van der Waals surface area contributed by atoms with E-state index in [9.17, 15) is 0 Å². The molecule has 1 unspecified atom stereocenters. The number of fused-ring (bicyclic) bond motifs is 1. The molecule has 1 heterocycles. The molecule has 2 aromatic rings. The summed E-state index contributed by atoms with van der Waals surface area (Å²) < 4.78 is 2.02. The summed E-state index contributed by atoms with van der Waals surface area (Å²) in [6, 6.07) is 8.44. The molecule has 21 heavy (non-hydrogen) atoms. The van der Waals surface area contributed by atoms with Gasteiger partial charge in [0.05, 0.1) is 11.2 Å². The molecule has 1 atom stereocenters. The zero-order valence-electron chi connectivity index (χ0n) is 12.8. The van der Waals surface area contributed by atoms with Gasteiger partial charge < -0.3 is 10.9 Å². The van der Waals surface area contributed by atoms with E-state index in [4.69, 9.17) is 16.0 Å². The minimum atomic E-state index is 0.173. The summed E-state index contributed by atoms with van der Waals surface area (Å²) in [6.07, 6.45) is 0.527. The molecule has 1 aromatic heterocycles. The number of hydrogen-bond donors (Lipinski definition) is 2. The third-order valence-electron chi connectivity index (χ3n) is 3.82. The van der Waals surface area contributed by atoms with Crippen molar-refractivity contribution >= 4 is 16.7 Å². The van der Waals surface area contributed by atoms with Crippen LogP contribution in [0.25, 0.3) is 10.9 Å². The number of nitrogens with two attached hydrogens (primary N) is 1. The summed E-state index contributed by atoms with van der Waals surface area (Å²) in [6.45, 7) is 5.72. The highest BCUT2D eigenvalue weighted by Crippen LogP contribution is 2.20. The van der Waals surface area contributed by atoms with Crippen LogP contribution in [0.2, 0.25) is 0 Å². The van der Waals surface area contributed by atoms with Gasteiger partial charge in [0, 0.05) is 30.9 Å². The first-order chi connectivity index (χ1) is 10.1. The fraction of sp³-hybridized carbons (Fsp3) is 0.467. The van der Waals surface area contributed by atoms with E-state index in [2.05, 4.69) is 36.0 Å². The van der Waals surface area contributed by atoms with Crippen molar-refractivity contribution in [3.8, 4) is 0 Å². The summed E-state index contributed by atoms with van der Waals surface area (Å²) >= 11 is 0. The van der Waals surface area contributed by atoms with Crippen molar-refractivity contribution in [3.05, 3.63) is 30.0 Å². The van der Waals surface area contributed by atoms with Crippen molar-refractivity contribution in [2.45, 2.75) is 39.4 Å². The second kappa shape index (κ2) is 6.58. The third-order valence-corrected chi connectivity index (χ3v) is 3.82. The number of para-hydroxylation sites is 1. The quantitative estimate of drug-likeness (QED) is 0.369. The van der Waals surface area contributed by atoms with E-state index in [1.54, 1.807) is 0 Å². The number of nitrogens with zero attached hydrogens (tertiary/aromatic N) is 4. The molecule has 0 amide bonds. The average Bonchev–Trinajstić information content (AvgIpc) is 2.85. The Labute approximate surface area is 124 Å². The Bertz CT molecular complexity index is 634. The first kappa shape index (κ1) is 15.3. The van der Waals surface area contributed by atoms with Gasteiger partial charge in [0.15, 0.2) is 0 Å². The Morgan fingerprint density at radius 2 is 2.19 bits per heavy atom. The molecule has 0 aliphatic heterocycles. The van der Waals surface area contributed by atoms with Crippen LogP contribution in [0, 0.1) is 0 Å². The van der Waals surface area contributed by atoms with Crippen LogP contribution in [0.15, 0.2) is 29.4 Å². The number of benzene rings is 1. The molecule has 0 saturated carbocycles. The van der Waals surface area contributed by atoms with Crippen LogP contribution >= 0.6 is 0 Å². The Morgan fingerprint density at radius 1 is 1.48 bits per heavy atom. The van der Waals surface area contributed by atoms with Crippen LogP contribution in [-0.2, 0) is 13.1 Å². The van der Waals surface area contributed by atoms with Gasteiger partial charge in [-0.1, -0.05) is 23.4 Å². The van der Waals surface area contributed by atoms with Gasteiger partial charge in [0.2, 0.25) is 0 Å². The molecule has 6 nitrogen and oxygen atoms in total. The minimum absolute atomic E-state index is 0.173. The highest BCUT2D eigenvalue weighted by atomic mass is 16.4. The molecule has 1 aromatic carbocycles. The van der Waals surface area contributed by atoms with Gasteiger partial charge >= 0.3 is 0 Å². The van der Waals surface area contributed by atoms with Gasteiger partial charge in [-0.3, -0.25) is 9.58 Å². The predicted molar refractivity (Wildman–Crippen MR) is 84.4 cm³/mol. The zero-order valence-corrected chi connectivity index (χ0v) is 12.8. The molecule has 2 rings (SSSR count). The Morgan fingerprint density at radius 3 is 2.86 bits per heavy atom. The Kier molecular flexibility index (Phi) is 4.80. The van der Waals surface area contributed by atoms with Gasteiger partial charge in [0.25, 0.3) is 0 Å². The van der Waals surface area contributed by atoms with Crippen LogP contribution in [0.4, 0.5) is 0 Å². The Balaban J connectivity index is 2.19. The van der Waals surface area contributed by atoms with Crippen molar-refractivity contribution in [3.63, 3.8) is 0 Å². The van der Waals surface area contributed by atoms with E-state index < -0.39 is 0 Å². The Hall–Kier alpha value is -2.08. The van der Waals surface area contributed by atoms with Crippen molar-refractivity contribution in [1.29, 1.82) is 0 Å². The molecule has 6 heteroatoms. The lowest BCUT2D eigenvalue weighted by Crippen LogP contribution is -2.33. The number of oxime groups is 1. The lowest BCUT2D eigenvalue weighted by Gasteiger charge is -2.23. The van der Waals surface area contributed by atoms with E-state index in [0.29, 0.717) is 6.42 Å². The van der Waals surface area contributed by atoms with Gasteiger partial charge in [-0.15, -0.1) is 0 Å². The maximum absolute atomic E-state index is 8.66. The maximum atomic E-state index is 8.66. The van der Waals surface area contributed by atoms with Gasteiger partial charge in [-0.2, -0.15) is 5.10 Å². The number of amidine groups is 1. The molecule has 0 fully saturated rings. The van der Waals surface area contributed by atoms with E-state index in [-0.39, 0.29) is 11.9 Å². The normalized spacial score (nSPS) is 14.0. The van der Waals surface area contributed by atoms with Crippen molar-refractivity contribution < 1.29 is 5.21 Å².